The van der Waals surface area contributed by atoms with Gasteiger partial charge >= 0.3 is 0 Å². The van der Waals surface area contributed by atoms with Gasteiger partial charge < -0.3 is 15.0 Å². The van der Waals surface area contributed by atoms with Crippen molar-refractivity contribution in [2.24, 2.45) is 0 Å². The lowest BCUT2D eigenvalue weighted by Gasteiger charge is -2.11. The second-order valence-electron chi connectivity index (χ2n) is 5.98. The molecule has 2 aromatic rings. The maximum atomic E-state index is 12.0. The number of benzene rings is 1. The number of Topliss-reactive ketones (excluding diaryl/α,β-unsaturated/α-hetero) is 1. The van der Waals surface area contributed by atoms with Crippen LogP contribution in [0.2, 0.25) is 0 Å². The topological polar surface area (TPSA) is 75.7 Å². The van der Waals surface area contributed by atoms with Crippen LogP contribution in [0, 0.1) is 6.92 Å². The molecule has 2 rings (SSSR count). The highest BCUT2D eigenvalue weighted by Crippen LogP contribution is 2.19. The van der Waals surface area contributed by atoms with E-state index in [0.29, 0.717) is 16.3 Å². The molecule has 2 amide bonds. The Labute approximate surface area is 156 Å². The van der Waals surface area contributed by atoms with Crippen molar-refractivity contribution < 1.29 is 19.1 Å². The number of nitrogens with zero attached hydrogens (tertiary/aromatic N) is 1. The molecule has 0 saturated heterocycles. The van der Waals surface area contributed by atoms with Gasteiger partial charge in [0.25, 0.3) is 5.91 Å². The van der Waals surface area contributed by atoms with Gasteiger partial charge in [-0.15, -0.1) is 11.3 Å². The summed E-state index contributed by atoms with van der Waals surface area (Å²) in [5.74, 6) is 0.171. The molecule has 0 fully saturated rings. The van der Waals surface area contributed by atoms with Crippen molar-refractivity contribution in [3.63, 3.8) is 0 Å². The molecule has 0 aliphatic rings. The number of amides is 2. The van der Waals surface area contributed by atoms with Gasteiger partial charge in [0.2, 0.25) is 5.91 Å². The van der Waals surface area contributed by atoms with E-state index in [0.717, 1.165) is 4.88 Å². The van der Waals surface area contributed by atoms with Gasteiger partial charge in [-0.1, -0.05) is 0 Å². The average molecular weight is 374 g/mol. The smallest absolute Gasteiger partial charge is 0.259 e. The van der Waals surface area contributed by atoms with E-state index in [9.17, 15) is 14.4 Å². The third-order valence-corrected chi connectivity index (χ3v) is 4.64. The molecule has 0 atom stereocenters. The lowest BCUT2D eigenvalue weighted by atomic mass is 10.2. The van der Waals surface area contributed by atoms with Crippen molar-refractivity contribution in [3.05, 3.63) is 46.2 Å². The van der Waals surface area contributed by atoms with Crippen LogP contribution in [0.5, 0.6) is 5.75 Å². The lowest BCUT2D eigenvalue weighted by Crippen LogP contribution is -2.27. The van der Waals surface area contributed by atoms with Crippen molar-refractivity contribution in [1.29, 1.82) is 0 Å². The van der Waals surface area contributed by atoms with Gasteiger partial charge in [0.1, 0.15) is 5.75 Å². The number of carbonyl (C=O) groups is 3. The Bertz CT molecular complexity index is 781. The van der Waals surface area contributed by atoms with Crippen molar-refractivity contribution in [1.82, 2.24) is 4.90 Å². The molecule has 6 nitrogen and oxygen atoms in total. The molecule has 1 N–H and O–H groups in total. The molecule has 0 saturated carbocycles. The first-order valence-corrected chi connectivity index (χ1v) is 8.99. The number of likely N-dealkylation sites (N-methyl/N-ethyl adjacent to an activating group) is 1. The number of ether oxygens (including phenoxy) is 1. The standard InChI is InChI=1S/C19H22N2O4S/c1-13-4-10-17(26-13)16(22)9-11-18(23)20-14-5-7-15(8-6-14)25-12-19(24)21(2)3/h4-8,10H,9,11-12H2,1-3H3,(H,20,23). The number of aryl methyl sites for hydroxylation is 1. The Morgan fingerprint density at radius 2 is 1.73 bits per heavy atom. The molecule has 1 heterocycles. The van der Waals surface area contributed by atoms with Crippen molar-refractivity contribution in [2.45, 2.75) is 19.8 Å². The Morgan fingerprint density at radius 3 is 2.31 bits per heavy atom. The fraction of sp³-hybridized carbons (Fsp3) is 0.316. The summed E-state index contributed by atoms with van der Waals surface area (Å²) in [4.78, 5) is 38.7. The third kappa shape index (κ3) is 6.00. The zero-order valence-electron chi connectivity index (χ0n) is 15.1. The highest BCUT2D eigenvalue weighted by Gasteiger charge is 2.11. The minimum Gasteiger partial charge on any atom is -0.484 e. The van der Waals surface area contributed by atoms with Gasteiger partial charge in [-0.2, -0.15) is 0 Å². The maximum Gasteiger partial charge on any atom is 0.259 e. The van der Waals surface area contributed by atoms with Crippen LogP contribution in [0.1, 0.15) is 27.4 Å². The Kier molecular flexibility index (Phi) is 6.91. The van der Waals surface area contributed by atoms with Crippen molar-refractivity contribution in [2.75, 3.05) is 26.0 Å². The number of rotatable bonds is 8. The summed E-state index contributed by atoms with van der Waals surface area (Å²) in [6.07, 6.45) is 0.311. The second kappa shape index (κ2) is 9.15. The molecule has 26 heavy (non-hydrogen) atoms. The van der Waals surface area contributed by atoms with Gasteiger partial charge in [0, 0.05) is 37.5 Å². The quantitative estimate of drug-likeness (QED) is 0.721. The Morgan fingerprint density at radius 1 is 1.04 bits per heavy atom. The number of carbonyl (C=O) groups excluding carboxylic acids is 3. The predicted octanol–water partition coefficient (Wildman–Crippen LogP) is 3.13. The lowest BCUT2D eigenvalue weighted by molar-refractivity contribution is -0.130. The summed E-state index contributed by atoms with van der Waals surface area (Å²) >= 11 is 1.44. The molecule has 0 spiro atoms. The predicted molar refractivity (Wildman–Crippen MR) is 102 cm³/mol. The van der Waals surface area contributed by atoms with Gasteiger partial charge in [0.15, 0.2) is 12.4 Å². The molecule has 0 aliphatic heterocycles. The number of ketones is 1. The number of anilines is 1. The molecule has 1 aromatic carbocycles. The summed E-state index contributed by atoms with van der Waals surface area (Å²) in [5, 5.41) is 2.75. The van der Waals surface area contributed by atoms with E-state index in [-0.39, 0.29) is 37.0 Å². The molecular formula is C19H22N2O4S. The van der Waals surface area contributed by atoms with E-state index in [1.165, 1.54) is 16.2 Å². The fourth-order valence-electron chi connectivity index (χ4n) is 2.07. The van der Waals surface area contributed by atoms with Gasteiger partial charge in [0.05, 0.1) is 4.88 Å². The third-order valence-electron chi connectivity index (χ3n) is 3.59. The van der Waals surface area contributed by atoms with E-state index in [1.54, 1.807) is 44.4 Å². The minimum atomic E-state index is -0.219. The van der Waals surface area contributed by atoms with E-state index >= 15 is 0 Å². The van der Waals surface area contributed by atoms with Crippen LogP contribution in [-0.4, -0.2) is 43.2 Å². The number of hydrogen-bond acceptors (Lipinski definition) is 5. The van der Waals surface area contributed by atoms with Crippen LogP contribution >= 0.6 is 11.3 Å². The molecule has 0 aliphatic carbocycles. The molecule has 7 heteroatoms. The monoisotopic (exact) mass is 374 g/mol. The van der Waals surface area contributed by atoms with Crippen molar-refractivity contribution in [3.8, 4) is 5.75 Å². The summed E-state index contributed by atoms with van der Waals surface area (Å²) < 4.78 is 5.37. The molecule has 0 bridgehead atoms. The molecule has 1 aromatic heterocycles. The van der Waals surface area contributed by atoms with Crippen LogP contribution in [0.25, 0.3) is 0 Å². The van der Waals surface area contributed by atoms with Crippen LogP contribution in [0.15, 0.2) is 36.4 Å². The summed E-state index contributed by atoms with van der Waals surface area (Å²) in [6, 6.07) is 10.4. The number of thiophene rings is 1. The van der Waals surface area contributed by atoms with Gasteiger partial charge in [-0.25, -0.2) is 0 Å². The van der Waals surface area contributed by atoms with Crippen molar-refractivity contribution >= 4 is 34.6 Å². The Hall–Kier alpha value is -2.67. The zero-order valence-corrected chi connectivity index (χ0v) is 15.9. The number of hydrogen-bond donors (Lipinski definition) is 1. The first kappa shape index (κ1) is 19.7. The highest BCUT2D eigenvalue weighted by atomic mass is 32.1. The van der Waals surface area contributed by atoms with E-state index < -0.39 is 0 Å². The minimum absolute atomic E-state index is 0.0208. The summed E-state index contributed by atoms with van der Waals surface area (Å²) in [5.41, 5.74) is 0.612. The first-order chi connectivity index (χ1) is 12.3. The SMILES string of the molecule is Cc1ccc(C(=O)CCC(=O)Nc2ccc(OCC(=O)N(C)C)cc2)s1. The highest BCUT2D eigenvalue weighted by molar-refractivity contribution is 7.14. The summed E-state index contributed by atoms with van der Waals surface area (Å²) in [6.45, 7) is 1.90. The fourth-order valence-corrected chi connectivity index (χ4v) is 2.90. The number of nitrogens with one attached hydrogen (secondary N) is 1. The van der Waals surface area contributed by atoms with E-state index in [2.05, 4.69) is 5.32 Å². The Balaban J connectivity index is 1.78. The van der Waals surface area contributed by atoms with E-state index in [1.807, 2.05) is 13.0 Å². The van der Waals surface area contributed by atoms with Crippen LogP contribution < -0.4 is 10.1 Å². The average Bonchev–Trinajstić information content (AvgIpc) is 3.05. The second-order valence-corrected chi connectivity index (χ2v) is 7.27. The summed E-state index contributed by atoms with van der Waals surface area (Å²) in [7, 11) is 3.32. The molecule has 0 radical (unpaired) electrons. The normalized spacial score (nSPS) is 10.3. The first-order valence-electron chi connectivity index (χ1n) is 8.17. The molecule has 138 valence electrons. The van der Waals surface area contributed by atoms with Crippen LogP contribution in [-0.2, 0) is 9.59 Å². The van der Waals surface area contributed by atoms with Gasteiger partial charge in [-0.05, 0) is 43.3 Å². The van der Waals surface area contributed by atoms with Crippen LogP contribution in [0.3, 0.4) is 0 Å². The van der Waals surface area contributed by atoms with Crippen LogP contribution in [0.4, 0.5) is 5.69 Å². The molecule has 0 unspecified atom stereocenters. The largest absolute Gasteiger partial charge is 0.484 e. The van der Waals surface area contributed by atoms with E-state index in [4.69, 9.17) is 4.74 Å². The maximum absolute atomic E-state index is 12.0. The zero-order chi connectivity index (χ0) is 19.1. The molecular weight excluding hydrogens is 352 g/mol. The van der Waals surface area contributed by atoms with Gasteiger partial charge in [-0.3, -0.25) is 14.4 Å².